The topological polar surface area (TPSA) is 101 Å². The van der Waals surface area contributed by atoms with Gasteiger partial charge in [-0.2, -0.15) is 21.6 Å². The predicted octanol–water partition coefficient (Wildman–Crippen LogP) is 4.04. The number of alkyl halides is 3. The maximum Gasteiger partial charge on any atom is 0.417 e. The number of hydrogen-bond donors (Lipinski definition) is 1. The van der Waals surface area contributed by atoms with Gasteiger partial charge in [-0.1, -0.05) is 0 Å². The van der Waals surface area contributed by atoms with E-state index in [9.17, 15) is 34.8 Å². The van der Waals surface area contributed by atoms with Gasteiger partial charge in [0.1, 0.15) is 18.2 Å². The molecule has 0 atom stereocenters. The number of rotatable bonds is 3. The molecule has 0 bridgehead atoms. The van der Waals surface area contributed by atoms with Gasteiger partial charge in [0, 0.05) is 17.0 Å². The second-order valence-electron chi connectivity index (χ2n) is 7.33. The number of sulfonamides is 1. The van der Waals surface area contributed by atoms with Crippen LogP contribution in [0.1, 0.15) is 5.56 Å². The average molecular weight is 515 g/mol. The third kappa shape index (κ3) is 3.80. The molecule has 4 aromatic rings. The summed E-state index contributed by atoms with van der Waals surface area (Å²) >= 11 is 0. The largest absolute Gasteiger partial charge is 0.488 e. The second-order valence-corrected chi connectivity index (χ2v) is 9.16. The summed E-state index contributed by atoms with van der Waals surface area (Å²) in [5, 5.41) is -1.17. The van der Waals surface area contributed by atoms with Gasteiger partial charge in [-0.05, 0) is 12.1 Å². The number of aromatic amines is 1. The molecule has 15 heteroatoms. The van der Waals surface area contributed by atoms with Crippen molar-refractivity contribution in [1.29, 1.82) is 0 Å². The standard InChI is InChI=1S/C20H11F6N5O3S/c21-9-3-14-19(29-6-9)31(1-2-34-14)35(32,33)15-4-11-16(18-27-7-10(22)8-28-18)12(20(24,25)26)5-13(23)17(11)30-15/h3-8,30H,1-2H2. The maximum atomic E-state index is 14.7. The number of nitrogens with zero attached hydrogens (tertiary/aromatic N) is 4. The van der Waals surface area contributed by atoms with Crippen molar-refractivity contribution in [1.82, 2.24) is 19.9 Å². The zero-order valence-electron chi connectivity index (χ0n) is 17.1. The maximum absolute atomic E-state index is 14.7. The minimum atomic E-state index is -5.07. The molecule has 1 aromatic carbocycles. The fourth-order valence-corrected chi connectivity index (χ4v) is 5.10. The lowest BCUT2D eigenvalue weighted by atomic mass is 10.0. The van der Waals surface area contributed by atoms with E-state index in [1.165, 1.54) is 0 Å². The van der Waals surface area contributed by atoms with Crippen LogP contribution in [-0.4, -0.2) is 41.5 Å². The monoisotopic (exact) mass is 515 g/mol. The summed E-state index contributed by atoms with van der Waals surface area (Å²) in [7, 11) is -4.56. The van der Waals surface area contributed by atoms with Crippen LogP contribution in [0.3, 0.4) is 0 Å². The summed E-state index contributed by atoms with van der Waals surface area (Å²) in [6, 6.07) is 1.89. The average Bonchev–Trinajstić information content (AvgIpc) is 3.25. The summed E-state index contributed by atoms with van der Waals surface area (Å²) in [6.45, 7) is -0.424. The molecule has 0 unspecified atom stereocenters. The predicted molar refractivity (Wildman–Crippen MR) is 108 cm³/mol. The molecule has 0 fully saturated rings. The third-order valence-corrected chi connectivity index (χ3v) is 6.86. The number of benzene rings is 1. The quantitative estimate of drug-likeness (QED) is 0.414. The van der Waals surface area contributed by atoms with Gasteiger partial charge in [-0.3, -0.25) is 0 Å². The molecule has 1 aliphatic heterocycles. The van der Waals surface area contributed by atoms with E-state index in [1.54, 1.807) is 0 Å². The molecule has 182 valence electrons. The number of ether oxygens (including phenoxy) is 1. The van der Waals surface area contributed by atoms with E-state index in [1.807, 2.05) is 0 Å². The van der Waals surface area contributed by atoms with Crippen molar-refractivity contribution in [2.45, 2.75) is 11.2 Å². The Morgan fingerprint density at radius 1 is 0.971 bits per heavy atom. The number of H-pyrrole nitrogens is 1. The van der Waals surface area contributed by atoms with Gasteiger partial charge >= 0.3 is 6.18 Å². The molecule has 0 saturated heterocycles. The number of aromatic nitrogens is 4. The molecule has 0 amide bonds. The smallest absolute Gasteiger partial charge is 0.417 e. The van der Waals surface area contributed by atoms with E-state index >= 15 is 0 Å². The molecular weight excluding hydrogens is 504 g/mol. The van der Waals surface area contributed by atoms with Crippen LogP contribution >= 0.6 is 0 Å². The van der Waals surface area contributed by atoms with Crippen molar-refractivity contribution >= 4 is 26.7 Å². The van der Waals surface area contributed by atoms with Crippen molar-refractivity contribution in [2.75, 3.05) is 17.5 Å². The molecule has 8 nitrogen and oxygen atoms in total. The molecule has 0 saturated carbocycles. The highest BCUT2D eigenvalue weighted by Crippen LogP contribution is 2.42. The minimum absolute atomic E-state index is 0.165. The second kappa shape index (κ2) is 7.83. The summed E-state index contributed by atoms with van der Waals surface area (Å²) in [6.07, 6.45) is -3.06. The Kier molecular flexibility index (Phi) is 5.12. The van der Waals surface area contributed by atoms with Gasteiger partial charge in [0.15, 0.2) is 28.2 Å². The van der Waals surface area contributed by atoms with Crippen molar-refractivity contribution < 1.29 is 39.5 Å². The lowest BCUT2D eigenvalue weighted by Crippen LogP contribution is -2.38. The van der Waals surface area contributed by atoms with E-state index in [0.29, 0.717) is 12.4 Å². The van der Waals surface area contributed by atoms with Crippen LogP contribution in [0.15, 0.2) is 41.8 Å². The third-order valence-electron chi connectivity index (χ3n) is 5.15. The van der Waals surface area contributed by atoms with Crippen LogP contribution < -0.4 is 9.04 Å². The summed E-state index contributed by atoms with van der Waals surface area (Å²) in [5.41, 5.74) is -2.79. The van der Waals surface area contributed by atoms with Crippen molar-refractivity contribution in [3.8, 4) is 17.1 Å². The first-order valence-electron chi connectivity index (χ1n) is 9.68. The lowest BCUT2D eigenvalue weighted by Gasteiger charge is -2.28. The molecule has 5 rings (SSSR count). The van der Waals surface area contributed by atoms with Crippen LogP contribution in [-0.2, 0) is 16.2 Å². The Hall–Kier alpha value is -3.88. The van der Waals surface area contributed by atoms with Crippen molar-refractivity contribution in [3.63, 3.8) is 0 Å². The normalized spacial score (nSPS) is 14.2. The Balaban J connectivity index is 1.74. The molecule has 3 aromatic heterocycles. The first-order chi connectivity index (χ1) is 16.5. The van der Waals surface area contributed by atoms with E-state index in [0.717, 1.165) is 22.6 Å². The number of pyridine rings is 1. The summed E-state index contributed by atoms with van der Waals surface area (Å²) in [5.74, 6) is -4.10. The van der Waals surface area contributed by atoms with Gasteiger partial charge in [-0.15, -0.1) is 0 Å². The van der Waals surface area contributed by atoms with Gasteiger partial charge in [0.2, 0.25) is 0 Å². The summed E-state index contributed by atoms with van der Waals surface area (Å²) in [4.78, 5) is 13.2. The highest BCUT2D eigenvalue weighted by Gasteiger charge is 2.38. The lowest BCUT2D eigenvalue weighted by molar-refractivity contribution is -0.137. The van der Waals surface area contributed by atoms with Gasteiger partial charge in [0.05, 0.1) is 36.2 Å². The number of halogens is 6. The van der Waals surface area contributed by atoms with Crippen LogP contribution in [0.25, 0.3) is 22.3 Å². The van der Waals surface area contributed by atoms with Crippen LogP contribution in [0.5, 0.6) is 5.75 Å². The summed E-state index contributed by atoms with van der Waals surface area (Å²) < 4.78 is 116. The van der Waals surface area contributed by atoms with Crippen molar-refractivity contribution in [2.24, 2.45) is 0 Å². The zero-order valence-corrected chi connectivity index (χ0v) is 17.9. The number of fused-ring (bicyclic) bond motifs is 2. The molecule has 0 radical (unpaired) electrons. The fourth-order valence-electron chi connectivity index (χ4n) is 3.68. The van der Waals surface area contributed by atoms with E-state index < -0.39 is 66.5 Å². The number of anilines is 1. The van der Waals surface area contributed by atoms with E-state index in [4.69, 9.17) is 4.74 Å². The molecule has 0 aliphatic carbocycles. The van der Waals surface area contributed by atoms with Gasteiger partial charge in [0.25, 0.3) is 10.0 Å². The van der Waals surface area contributed by atoms with Crippen LogP contribution in [0.4, 0.5) is 32.2 Å². The SMILES string of the molecule is O=S(=O)(c1cc2c(-c3ncc(F)cn3)c(C(F)(F)F)cc(F)c2[nH]1)N1CCOc2cc(F)cnc21. The Bertz CT molecular complexity index is 1570. The fraction of sp³-hybridized carbons (Fsp3) is 0.150. The molecule has 0 spiro atoms. The number of hydrogen-bond acceptors (Lipinski definition) is 6. The molecule has 1 aliphatic rings. The van der Waals surface area contributed by atoms with Gasteiger partial charge in [-0.25, -0.2) is 32.4 Å². The Morgan fingerprint density at radius 3 is 2.34 bits per heavy atom. The minimum Gasteiger partial charge on any atom is -0.488 e. The Labute approximate surface area is 192 Å². The highest BCUT2D eigenvalue weighted by atomic mass is 32.2. The molecular formula is C20H11F6N5O3S. The first kappa shape index (κ1) is 22.9. The van der Waals surface area contributed by atoms with Crippen LogP contribution in [0, 0.1) is 17.5 Å². The first-order valence-corrected chi connectivity index (χ1v) is 11.1. The molecule has 1 N–H and O–H groups in total. The van der Waals surface area contributed by atoms with Crippen molar-refractivity contribution in [3.05, 3.63) is 59.8 Å². The Morgan fingerprint density at radius 2 is 1.66 bits per heavy atom. The highest BCUT2D eigenvalue weighted by molar-refractivity contribution is 7.92. The number of nitrogens with one attached hydrogen (secondary N) is 1. The van der Waals surface area contributed by atoms with E-state index in [-0.39, 0.29) is 30.8 Å². The zero-order chi connectivity index (χ0) is 25.1. The van der Waals surface area contributed by atoms with E-state index in [2.05, 4.69) is 19.9 Å². The van der Waals surface area contributed by atoms with Gasteiger partial charge < -0.3 is 9.72 Å². The molecule has 4 heterocycles. The molecule has 35 heavy (non-hydrogen) atoms. The van der Waals surface area contributed by atoms with Crippen LogP contribution in [0.2, 0.25) is 0 Å².